The van der Waals surface area contributed by atoms with E-state index in [1.165, 1.54) is 38.5 Å². The second kappa shape index (κ2) is 6.48. The van der Waals surface area contributed by atoms with Crippen molar-refractivity contribution in [3.8, 4) is 0 Å². The molecule has 0 unspecified atom stereocenters. The second-order valence-electron chi connectivity index (χ2n) is 6.99. The number of nitrogens with one attached hydrogen (secondary N) is 2. The number of benzene rings is 1. The smallest absolute Gasteiger partial charge is 0.253 e. The van der Waals surface area contributed by atoms with Crippen molar-refractivity contribution < 1.29 is 4.79 Å². The highest BCUT2D eigenvalue weighted by molar-refractivity contribution is 7.80. The summed E-state index contributed by atoms with van der Waals surface area (Å²) in [6.45, 7) is 0. The normalized spacial score (nSPS) is 19.2. The van der Waals surface area contributed by atoms with E-state index in [4.69, 9.17) is 12.2 Å². The summed E-state index contributed by atoms with van der Waals surface area (Å²) >= 11 is 5.52. The minimum atomic E-state index is 0.0101. The number of nitrogens with zero attached hydrogens (tertiary/aromatic N) is 1. The fraction of sp³-hybridized carbons (Fsp3) is 0.556. The van der Waals surface area contributed by atoms with Crippen LogP contribution in [0.25, 0.3) is 0 Å². The maximum atomic E-state index is 11.9. The molecule has 0 spiro atoms. The van der Waals surface area contributed by atoms with E-state index in [0.29, 0.717) is 10.7 Å². The van der Waals surface area contributed by atoms with Crippen LogP contribution in [0.1, 0.15) is 48.9 Å². The molecule has 1 aromatic rings. The fourth-order valence-electron chi connectivity index (χ4n) is 3.62. The van der Waals surface area contributed by atoms with E-state index in [2.05, 4.69) is 10.6 Å². The number of thiocarbonyl (C=S) groups is 1. The minimum absolute atomic E-state index is 0.0101. The van der Waals surface area contributed by atoms with Gasteiger partial charge in [-0.15, -0.1) is 0 Å². The lowest BCUT2D eigenvalue weighted by Crippen LogP contribution is -2.49. The van der Waals surface area contributed by atoms with Gasteiger partial charge in [0.2, 0.25) is 0 Å². The van der Waals surface area contributed by atoms with Gasteiger partial charge in [0.25, 0.3) is 5.91 Å². The van der Waals surface area contributed by atoms with Crippen molar-refractivity contribution in [2.45, 2.75) is 44.1 Å². The molecule has 2 saturated carbocycles. The van der Waals surface area contributed by atoms with Crippen LogP contribution in [-0.2, 0) is 0 Å². The molecule has 0 aliphatic heterocycles. The van der Waals surface area contributed by atoms with Crippen LogP contribution in [0.2, 0.25) is 0 Å². The molecule has 0 atom stereocenters. The van der Waals surface area contributed by atoms with Crippen LogP contribution in [0.4, 0.5) is 5.69 Å². The van der Waals surface area contributed by atoms with E-state index in [1.54, 1.807) is 19.0 Å². The Labute approximate surface area is 143 Å². The second-order valence-corrected chi connectivity index (χ2v) is 7.40. The Morgan fingerprint density at radius 1 is 1.17 bits per heavy atom. The van der Waals surface area contributed by atoms with Crippen molar-refractivity contribution >= 4 is 28.9 Å². The molecule has 5 heteroatoms. The van der Waals surface area contributed by atoms with Crippen LogP contribution in [0.3, 0.4) is 0 Å². The summed E-state index contributed by atoms with van der Waals surface area (Å²) in [7, 11) is 3.51. The highest BCUT2D eigenvalue weighted by Crippen LogP contribution is 2.48. The van der Waals surface area contributed by atoms with Crippen molar-refractivity contribution in [3.05, 3.63) is 29.8 Å². The maximum absolute atomic E-state index is 11.9. The number of carbonyl (C=O) groups excluding carboxylic acids is 1. The van der Waals surface area contributed by atoms with Gasteiger partial charge in [-0.1, -0.05) is 12.8 Å². The largest absolute Gasteiger partial charge is 0.357 e. The van der Waals surface area contributed by atoms with Gasteiger partial charge in [0.05, 0.1) is 0 Å². The zero-order valence-corrected chi connectivity index (χ0v) is 14.7. The summed E-state index contributed by atoms with van der Waals surface area (Å²) in [4.78, 5) is 13.5. The quantitative estimate of drug-likeness (QED) is 0.830. The summed E-state index contributed by atoms with van der Waals surface area (Å²) in [6, 6.07) is 7.48. The Morgan fingerprint density at radius 3 is 2.30 bits per heavy atom. The number of rotatable bonds is 4. The molecule has 0 heterocycles. The molecule has 2 fully saturated rings. The fourth-order valence-corrected chi connectivity index (χ4v) is 3.94. The van der Waals surface area contributed by atoms with Gasteiger partial charge >= 0.3 is 0 Å². The van der Waals surface area contributed by atoms with E-state index < -0.39 is 0 Å². The summed E-state index contributed by atoms with van der Waals surface area (Å²) in [6.07, 6.45) is 7.72. The topological polar surface area (TPSA) is 44.4 Å². The zero-order valence-electron chi connectivity index (χ0n) is 13.9. The van der Waals surface area contributed by atoms with Crippen LogP contribution < -0.4 is 10.6 Å². The first-order valence-electron chi connectivity index (χ1n) is 8.41. The summed E-state index contributed by atoms with van der Waals surface area (Å²) < 4.78 is 0. The predicted octanol–water partition coefficient (Wildman–Crippen LogP) is 3.40. The lowest BCUT2D eigenvalue weighted by molar-refractivity contribution is 0.0827. The van der Waals surface area contributed by atoms with Crippen molar-refractivity contribution in [2.75, 3.05) is 19.4 Å². The number of anilines is 1. The molecule has 0 bridgehead atoms. The van der Waals surface area contributed by atoms with Crippen LogP contribution in [-0.4, -0.2) is 35.6 Å². The highest BCUT2D eigenvalue weighted by atomic mass is 32.1. The molecule has 1 aromatic carbocycles. The Balaban J connectivity index is 1.60. The molecular formula is C18H25N3OS. The molecule has 1 amide bonds. The van der Waals surface area contributed by atoms with Crippen molar-refractivity contribution in [1.82, 2.24) is 10.2 Å². The van der Waals surface area contributed by atoms with Gasteiger partial charge < -0.3 is 15.5 Å². The Hall–Kier alpha value is -1.62. The van der Waals surface area contributed by atoms with Crippen LogP contribution >= 0.6 is 12.2 Å². The first-order chi connectivity index (χ1) is 11.0. The Morgan fingerprint density at radius 2 is 1.78 bits per heavy atom. The van der Waals surface area contributed by atoms with Gasteiger partial charge in [-0.25, -0.2) is 0 Å². The van der Waals surface area contributed by atoms with Gasteiger partial charge in [0.1, 0.15) is 0 Å². The molecule has 0 radical (unpaired) electrons. The van der Waals surface area contributed by atoms with Gasteiger partial charge in [0, 0.05) is 30.9 Å². The predicted molar refractivity (Wildman–Crippen MR) is 97.7 cm³/mol. The van der Waals surface area contributed by atoms with Crippen molar-refractivity contribution in [2.24, 2.45) is 5.92 Å². The van der Waals surface area contributed by atoms with E-state index in [1.807, 2.05) is 24.3 Å². The molecule has 2 aliphatic carbocycles. The van der Waals surface area contributed by atoms with E-state index in [9.17, 15) is 4.79 Å². The monoisotopic (exact) mass is 331 g/mol. The van der Waals surface area contributed by atoms with Crippen LogP contribution in [0.15, 0.2) is 24.3 Å². The Kier molecular flexibility index (Phi) is 4.57. The molecule has 4 nitrogen and oxygen atoms in total. The molecular weight excluding hydrogens is 306 g/mol. The number of hydrogen-bond donors (Lipinski definition) is 2. The molecule has 2 N–H and O–H groups in total. The highest BCUT2D eigenvalue weighted by Gasteiger charge is 2.47. The average Bonchev–Trinajstić information content (AvgIpc) is 3.29. The summed E-state index contributed by atoms with van der Waals surface area (Å²) in [5.41, 5.74) is 1.83. The van der Waals surface area contributed by atoms with Crippen molar-refractivity contribution in [1.29, 1.82) is 0 Å². The van der Waals surface area contributed by atoms with E-state index >= 15 is 0 Å². The van der Waals surface area contributed by atoms with Crippen LogP contribution in [0.5, 0.6) is 0 Å². The Bertz CT molecular complexity index is 587. The molecule has 124 valence electrons. The lowest BCUT2D eigenvalue weighted by atomic mass is 9.91. The van der Waals surface area contributed by atoms with E-state index in [-0.39, 0.29) is 11.4 Å². The van der Waals surface area contributed by atoms with Crippen molar-refractivity contribution in [3.63, 3.8) is 0 Å². The molecule has 0 saturated heterocycles. The average molecular weight is 331 g/mol. The van der Waals surface area contributed by atoms with Gasteiger partial charge in [-0.2, -0.15) is 0 Å². The van der Waals surface area contributed by atoms with Gasteiger partial charge in [-0.3, -0.25) is 4.79 Å². The molecule has 0 aromatic heterocycles. The number of amides is 1. The SMILES string of the molecule is CN(C)C(=O)c1ccc(NC(=S)NC2(C3CC3)CCCC2)cc1. The lowest BCUT2D eigenvalue weighted by Gasteiger charge is -2.32. The summed E-state index contributed by atoms with van der Waals surface area (Å²) in [5.74, 6) is 0.806. The first kappa shape index (κ1) is 16.2. The van der Waals surface area contributed by atoms with Gasteiger partial charge in [-0.05, 0) is 68.1 Å². The first-order valence-corrected chi connectivity index (χ1v) is 8.82. The third-order valence-electron chi connectivity index (χ3n) is 5.01. The standard InChI is InChI=1S/C18H25N3OS/c1-21(2)16(22)13-5-9-15(10-6-13)19-17(23)20-18(14-7-8-14)11-3-4-12-18/h5-6,9-10,14H,3-4,7-8,11-12H2,1-2H3,(H2,19,20,23). The van der Waals surface area contributed by atoms with Gasteiger partial charge in [0.15, 0.2) is 5.11 Å². The van der Waals surface area contributed by atoms with Crippen LogP contribution in [0, 0.1) is 5.92 Å². The third-order valence-corrected chi connectivity index (χ3v) is 5.22. The maximum Gasteiger partial charge on any atom is 0.253 e. The molecule has 2 aliphatic rings. The molecule has 3 rings (SSSR count). The minimum Gasteiger partial charge on any atom is -0.357 e. The summed E-state index contributed by atoms with van der Waals surface area (Å²) in [5, 5.41) is 7.57. The number of hydrogen-bond acceptors (Lipinski definition) is 2. The van der Waals surface area contributed by atoms with E-state index in [0.717, 1.165) is 11.6 Å². The molecule has 23 heavy (non-hydrogen) atoms. The number of carbonyl (C=O) groups is 1. The zero-order chi connectivity index (χ0) is 16.4. The third kappa shape index (κ3) is 3.66.